The fourth-order valence-corrected chi connectivity index (χ4v) is 5.22. The van der Waals surface area contributed by atoms with E-state index in [-0.39, 0.29) is 35.9 Å². The van der Waals surface area contributed by atoms with Crippen LogP contribution < -0.4 is 15.4 Å². The molecule has 1 amide bonds. The van der Waals surface area contributed by atoms with Gasteiger partial charge in [0.05, 0.1) is 29.9 Å². The van der Waals surface area contributed by atoms with Crippen molar-refractivity contribution in [3.8, 4) is 5.75 Å². The first kappa shape index (κ1) is 27.4. The number of nitrogens with one attached hydrogen (secondary N) is 2. The summed E-state index contributed by atoms with van der Waals surface area (Å²) in [6.45, 7) is 0.814. The topological polar surface area (TPSA) is 105 Å². The van der Waals surface area contributed by atoms with Crippen LogP contribution in [0.25, 0.3) is 0 Å². The van der Waals surface area contributed by atoms with Gasteiger partial charge in [0, 0.05) is 19.5 Å². The van der Waals surface area contributed by atoms with Gasteiger partial charge in [-0.15, -0.1) is 0 Å². The number of carbonyl (C=O) groups excluding carboxylic acids is 1. The molecule has 0 heterocycles. The molecule has 0 unspecified atom stereocenters. The normalized spacial score (nSPS) is 13.1. The molecule has 0 fully saturated rings. The number of ether oxygens (including phenoxy) is 1. The van der Waals surface area contributed by atoms with E-state index >= 15 is 0 Å². The lowest BCUT2D eigenvalue weighted by molar-refractivity contribution is -0.122. The van der Waals surface area contributed by atoms with E-state index in [4.69, 9.17) is 4.74 Å². The fourth-order valence-electron chi connectivity index (χ4n) is 3.89. The Morgan fingerprint density at radius 3 is 2.31 bits per heavy atom. The highest BCUT2D eigenvalue weighted by Crippen LogP contribution is 2.14. The molecule has 0 spiro atoms. The van der Waals surface area contributed by atoms with Crippen molar-refractivity contribution < 1.29 is 23.1 Å². The van der Waals surface area contributed by atoms with Crippen molar-refractivity contribution in [3.05, 3.63) is 96.1 Å². The largest absolute Gasteiger partial charge is 0.497 e. The van der Waals surface area contributed by atoms with Gasteiger partial charge in [0.1, 0.15) is 5.75 Å². The van der Waals surface area contributed by atoms with Crippen molar-refractivity contribution in [1.29, 1.82) is 0 Å². The third kappa shape index (κ3) is 8.78. The van der Waals surface area contributed by atoms with Crippen molar-refractivity contribution in [2.24, 2.45) is 0 Å². The number of aliphatic hydroxyl groups excluding tert-OH is 1. The average Bonchev–Trinajstić information content (AvgIpc) is 2.89. The molecule has 3 N–H and O–H groups in total. The highest BCUT2D eigenvalue weighted by Gasteiger charge is 2.22. The summed E-state index contributed by atoms with van der Waals surface area (Å²) in [5, 5.41) is 17.1. The molecule has 0 saturated heterocycles. The van der Waals surface area contributed by atoms with Gasteiger partial charge < -0.3 is 20.5 Å². The van der Waals surface area contributed by atoms with Gasteiger partial charge in [-0.25, -0.2) is 8.42 Å². The van der Waals surface area contributed by atoms with Crippen molar-refractivity contribution in [1.82, 2.24) is 10.6 Å². The summed E-state index contributed by atoms with van der Waals surface area (Å²) in [6, 6.07) is 25.0. The van der Waals surface area contributed by atoms with Gasteiger partial charge in [-0.05, 0) is 48.2 Å². The van der Waals surface area contributed by atoms with Crippen LogP contribution >= 0.6 is 0 Å². The third-order valence-electron chi connectivity index (χ3n) is 5.85. The molecule has 0 bridgehead atoms. The van der Waals surface area contributed by atoms with Crippen LogP contribution in [0.1, 0.15) is 24.0 Å². The summed E-state index contributed by atoms with van der Waals surface area (Å²) in [4.78, 5) is 12.9. The monoisotopic (exact) mass is 510 g/mol. The lowest BCUT2D eigenvalue weighted by atomic mass is 10.0. The van der Waals surface area contributed by atoms with Crippen LogP contribution in [0.3, 0.4) is 0 Å². The van der Waals surface area contributed by atoms with E-state index < -0.39 is 22.0 Å². The third-order valence-corrected chi connectivity index (χ3v) is 7.66. The Labute approximate surface area is 213 Å². The van der Waals surface area contributed by atoms with Crippen LogP contribution in [-0.4, -0.2) is 51.0 Å². The predicted molar refractivity (Wildman–Crippen MR) is 141 cm³/mol. The molecular formula is C28H34N2O5S. The van der Waals surface area contributed by atoms with Gasteiger partial charge >= 0.3 is 0 Å². The molecule has 8 heteroatoms. The zero-order valence-corrected chi connectivity index (χ0v) is 21.3. The SMILES string of the molecule is COc1cccc(CNC[C@H](O)[C@H](Cc2ccccc2)NC(=O)CCCS(=O)(=O)c2ccccc2)c1. The number of methoxy groups -OCH3 is 1. The maximum Gasteiger partial charge on any atom is 0.220 e. The number of hydrogen-bond acceptors (Lipinski definition) is 6. The minimum atomic E-state index is -3.44. The predicted octanol–water partition coefficient (Wildman–Crippen LogP) is 3.13. The molecule has 2 atom stereocenters. The number of amides is 1. The maximum absolute atomic E-state index is 12.7. The first-order valence-electron chi connectivity index (χ1n) is 12.0. The second-order valence-corrected chi connectivity index (χ2v) is 10.8. The summed E-state index contributed by atoms with van der Waals surface area (Å²) >= 11 is 0. The molecule has 0 aliphatic rings. The molecule has 0 saturated carbocycles. The van der Waals surface area contributed by atoms with Gasteiger partial charge in [0.2, 0.25) is 5.91 Å². The smallest absolute Gasteiger partial charge is 0.220 e. The van der Waals surface area contributed by atoms with E-state index in [0.717, 1.165) is 16.9 Å². The van der Waals surface area contributed by atoms with Crippen LogP contribution in [0.4, 0.5) is 0 Å². The molecule has 7 nitrogen and oxygen atoms in total. The molecule has 0 aliphatic heterocycles. The fraction of sp³-hybridized carbons (Fsp3) is 0.321. The Morgan fingerprint density at radius 2 is 1.61 bits per heavy atom. The number of hydrogen-bond donors (Lipinski definition) is 3. The van der Waals surface area contributed by atoms with Crippen LogP contribution in [0.15, 0.2) is 89.8 Å². The molecule has 0 radical (unpaired) electrons. The van der Waals surface area contributed by atoms with Crippen LogP contribution in [0.2, 0.25) is 0 Å². The number of sulfone groups is 1. The summed E-state index contributed by atoms with van der Waals surface area (Å²) in [6.07, 6.45) is -0.128. The summed E-state index contributed by atoms with van der Waals surface area (Å²) in [7, 11) is -1.83. The van der Waals surface area contributed by atoms with Crippen LogP contribution in [0, 0.1) is 0 Å². The molecule has 192 valence electrons. The summed E-state index contributed by atoms with van der Waals surface area (Å²) in [5.41, 5.74) is 2.01. The van der Waals surface area contributed by atoms with Gasteiger partial charge in [-0.2, -0.15) is 0 Å². The second kappa shape index (κ2) is 13.8. The molecule has 3 aromatic carbocycles. The number of benzene rings is 3. The molecule has 3 aromatic rings. The van der Waals surface area contributed by atoms with Gasteiger partial charge in [0.15, 0.2) is 9.84 Å². The van der Waals surface area contributed by atoms with Gasteiger partial charge in [0.25, 0.3) is 0 Å². The van der Waals surface area contributed by atoms with Crippen molar-refractivity contribution in [3.63, 3.8) is 0 Å². The lowest BCUT2D eigenvalue weighted by Crippen LogP contribution is -2.48. The van der Waals surface area contributed by atoms with E-state index in [9.17, 15) is 18.3 Å². The Bertz CT molecular complexity index is 1190. The molecular weight excluding hydrogens is 476 g/mol. The number of aliphatic hydroxyl groups is 1. The Balaban J connectivity index is 1.55. The molecule has 3 rings (SSSR count). The van der Waals surface area contributed by atoms with E-state index in [1.807, 2.05) is 54.6 Å². The summed E-state index contributed by atoms with van der Waals surface area (Å²) < 4.78 is 30.2. The van der Waals surface area contributed by atoms with E-state index in [1.54, 1.807) is 37.4 Å². The maximum atomic E-state index is 12.7. The highest BCUT2D eigenvalue weighted by molar-refractivity contribution is 7.91. The number of rotatable bonds is 14. The first-order chi connectivity index (χ1) is 17.4. The van der Waals surface area contributed by atoms with Crippen molar-refractivity contribution in [2.75, 3.05) is 19.4 Å². The Kier molecular flexibility index (Phi) is 10.5. The quantitative estimate of drug-likeness (QED) is 0.308. The van der Waals surface area contributed by atoms with Gasteiger partial charge in [-0.3, -0.25) is 4.79 Å². The highest BCUT2D eigenvalue weighted by atomic mass is 32.2. The van der Waals surface area contributed by atoms with Crippen LogP contribution in [0.5, 0.6) is 5.75 Å². The summed E-state index contributed by atoms with van der Waals surface area (Å²) in [5.74, 6) is 0.364. The molecule has 0 aromatic heterocycles. The number of carbonyl (C=O) groups is 1. The van der Waals surface area contributed by atoms with Crippen molar-refractivity contribution >= 4 is 15.7 Å². The molecule has 36 heavy (non-hydrogen) atoms. The Morgan fingerprint density at radius 1 is 0.944 bits per heavy atom. The standard InChI is InChI=1S/C28H34N2O5S/c1-35-24-13-8-12-23(18-24)20-29-21-27(31)26(19-22-10-4-2-5-11-22)30-28(32)16-9-17-36(33,34)25-14-6-3-7-15-25/h2-8,10-15,18,26-27,29,31H,9,16-17,19-21H2,1H3,(H,30,32)/t26-,27-/m0/s1. The van der Waals surface area contributed by atoms with Crippen LogP contribution in [-0.2, 0) is 27.6 Å². The molecule has 0 aliphatic carbocycles. The lowest BCUT2D eigenvalue weighted by Gasteiger charge is -2.25. The van der Waals surface area contributed by atoms with Crippen molar-refractivity contribution in [2.45, 2.75) is 42.8 Å². The van der Waals surface area contributed by atoms with E-state index in [1.165, 1.54) is 0 Å². The second-order valence-electron chi connectivity index (χ2n) is 8.65. The minimum Gasteiger partial charge on any atom is -0.497 e. The van der Waals surface area contributed by atoms with Gasteiger partial charge in [-0.1, -0.05) is 60.7 Å². The van der Waals surface area contributed by atoms with E-state index in [0.29, 0.717) is 13.0 Å². The minimum absolute atomic E-state index is 0.0569. The zero-order chi connectivity index (χ0) is 25.8. The Hall–Kier alpha value is -3.20. The first-order valence-corrected chi connectivity index (χ1v) is 13.7. The van der Waals surface area contributed by atoms with E-state index in [2.05, 4.69) is 10.6 Å². The zero-order valence-electron chi connectivity index (χ0n) is 20.5. The average molecular weight is 511 g/mol.